The summed E-state index contributed by atoms with van der Waals surface area (Å²) in [6, 6.07) is 0. The molecular weight excluding hydrogens is 278 g/mol. The van der Waals surface area contributed by atoms with E-state index in [4.69, 9.17) is 5.73 Å². The van der Waals surface area contributed by atoms with Gasteiger partial charge in [-0.2, -0.15) is 5.10 Å². The Morgan fingerprint density at radius 1 is 1.47 bits per heavy atom. The van der Waals surface area contributed by atoms with E-state index in [0.717, 1.165) is 29.6 Å². The number of nitrogens with two attached hydrogens (primary N) is 1. The summed E-state index contributed by atoms with van der Waals surface area (Å²) in [5.41, 5.74) is 8.52. The van der Waals surface area contributed by atoms with Gasteiger partial charge in [-0.3, -0.25) is 4.68 Å². The second-order valence-electron chi connectivity index (χ2n) is 5.15. The largest absolute Gasteiger partial charge is 0.325 e. The number of rotatable bonds is 5. The monoisotopic (exact) mass is 301 g/mol. The molecule has 0 aliphatic rings. The third kappa shape index (κ3) is 3.10. The van der Waals surface area contributed by atoms with Crippen molar-refractivity contribution in [3.63, 3.8) is 0 Å². The van der Waals surface area contributed by atoms with E-state index in [1.54, 1.807) is 0 Å². The van der Waals surface area contributed by atoms with Gasteiger partial charge < -0.3 is 5.73 Å². The summed E-state index contributed by atoms with van der Waals surface area (Å²) in [5, 5.41) is 4.51. The van der Waals surface area contributed by atoms with Gasteiger partial charge in [0.15, 0.2) is 0 Å². The van der Waals surface area contributed by atoms with Gasteiger partial charge in [0.1, 0.15) is 0 Å². The maximum atomic E-state index is 6.44. The minimum atomic E-state index is -0.184. The van der Waals surface area contributed by atoms with Gasteiger partial charge in [0.05, 0.1) is 15.9 Å². The van der Waals surface area contributed by atoms with Crippen molar-refractivity contribution in [2.24, 2.45) is 11.7 Å². The number of aryl methyl sites for hydroxylation is 2. The lowest BCUT2D eigenvalue weighted by Gasteiger charge is -2.31. The first-order valence-electron chi connectivity index (χ1n) is 6.34. The van der Waals surface area contributed by atoms with Gasteiger partial charge in [-0.05, 0) is 42.6 Å². The van der Waals surface area contributed by atoms with E-state index in [-0.39, 0.29) is 5.54 Å². The zero-order valence-corrected chi connectivity index (χ0v) is 13.1. The van der Waals surface area contributed by atoms with E-state index in [9.17, 15) is 0 Å². The number of hydrogen-bond donors (Lipinski definition) is 1. The van der Waals surface area contributed by atoms with Crippen LogP contribution < -0.4 is 5.73 Å². The van der Waals surface area contributed by atoms with Crippen LogP contribution in [0.2, 0.25) is 0 Å². The number of nitrogens with zero attached hydrogens (tertiary/aromatic N) is 2. The van der Waals surface area contributed by atoms with Gasteiger partial charge in [0.25, 0.3) is 0 Å². The average Bonchev–Trinajstić information content (AvgIpc) is 2.55. The zero-order chi connectivity index (χ0) is 13.2. The zero-order valence-electron chi connectivity index (χ0n) is 11.5. The van der Waals surface area contributed by atoms with Crippen LogP contribution >= 0.6 is 15.9 Å². The van der Waals surface area contributed by atoms with Crippen molar-refractivity contribution in [2.75, 3.05) is 0 Å². The van der Waals surface area contributed by atoms with E-state index in [1.165, 1.54) is 5.69 Å². The lowest BCUT2D eigenvalue weighted by molar-refractivity contribution is 0.299. The second-order valence-corrected chi connectivity index (χ2v) is 5.95. The maximum Gasteiger partial charge on any atom is 0.0738 e. The molecular formula is C13H24BrN3. The Morgan fingerprint density at radius 3 is 2.53 bits per heavy atom. The third-order valence-electron chi connectivity index (χ3n) is 3.74. The van der Waals surface area contributed by atoms with Gasteiger partial charge >= 0.3 is 0 Å². The van der Waals surface area contributed by atoms with Crippen molar-refractivity contribution < 1.29 is 0 Å². The van der Waals surface area contributed by atoms with Gasteiger partial charge in [-0.15, -0.1) is 0 Å². The van der Waals surface area contributed by atoms with Crippen LogP contribution in [0.25, 0.3) is 0 Å². The Balaban J connectivity index is 3.02. The minimum Gasteiger partial charge on any atom is -0.325 e. The van der Waals surface area contributed by atoms with Crippen LogP contribution in [0.5, 0.6) is 0 Å². The number of halogens is 1. The molecule has 0 aromatic carbocycles. The summed E-state index contributed by atoms with van der Waals surface area (Å²) < 4.78 is 3.16. The Kier molecular flexibility index (Phi) is 4.78. The van der Waals surface area contributed by atoms with Crippen molar-refractivity contribution in [3.05, 3.63) is 15.9 Å². The van der Waals surface area contributed by atoms with Gasteiger partial charge in [-0.25, -0.2) is 0 Å². The van der Waals surface area contributed by atoms with Crippen molar-refractivity contribution >= 4 is 15.9 Å². The molecule has 1 heterocycles. The molecule has 2 atom stereocenters. The molecule has 0 bridgehead atoms. The average molecular weight is 302 g/mol. The minimum absolute atomic E-state index is 0.184. The highest BCUT2D eigenvalue weighted by atomic mass is 79.9. The Labute approximate surface area is 113 Å². The summed E-state index contributed by atoms with van der Waals surface area (Å²) in [6.45, 7) is 11.6. The van der Waals surface area contributed by atoms with E-state index < -0.39 is 0 Å². The molecule has 3 nitrogen and oxygen atoms in total. The summed E-state index contributed by atoms with van der Waals surface area (Å²) in [6.07, 6.45) is 1.96. The summed E-state index contributed by atoms with van der Waals surface area (Å²) in [4.78, 5) is 0. The van der Waals surface area contributed by atoms with Crippen LogP contribution in [0.3, 0.4) is 0 Å². The Hall–Kier alpha value is -0.350. The fourth-order valence-electron chi connectivity index (χ4n) is 2.04. The third-order valence-corrected chi connectivity index (χ3v) is 4.77. The standard InChI is InChI=1S/C13H24BrN3/c1-6-9(3)13(5,15)8-11-12(14)10(4)16-17(11)7-2/h9H,6-8,15H2,1-5H3. The predicted molar refractivity (Wildman–Crippen MR) is 76.1 cm³/mol. The fourth-order valence-corrected chi connectivity index (χ4v) is 2.46. The van der Waals surface area contributed by atoms with Crippen molar-refractivity contribution in [1.29, 1.82) is 0 Å². The molecule has 0 saturated carbocycles. The van der Waals surface area contributed by atoms with Crippen LogP contribution in [-0.4, -0.2) is 15.3 Å². The van der Waals surface area contributed by atoms with Crippen molar-refractivity contribution in [3.8, 4) is 0 Å². The first-order chi connectivity index (χ1) is 7.83. The molecule has 17 heavy (non-hydrogen) atoms. The van der Waals surface area contributed by atoms with Crippen LogP contribution in [0.4, 0.5) is 0 Å². The lowest BCUT2D eigenvalue weighted by atomic mass is 9.82. The van der Waals surface area contributed by atoms with Gasteiger partial charge in [-0.1, -0.05) is 20.3 Å². The molecule has 0 amide bonds. The SMILES string of the molecule is CCC(C)C(C)(N)Cc1c(Br)c(C)nn1CC. The second kappa shape index (κ2) is 5.53. The molecule has 0 fully saturated rings. The quantitative estimate of drug-likeness (QED) is 0.907. The van der Waals surface area contributed by atoms with Crippen LogP contribution in [-0.2, 0) is 13.0 Å². The van der Waals surface area contributed by atoms with Gasteiger partial charge in [0, 0.05) is 18.5 Å². The van der Waals surface area contributed by atoms with E-state index in [2.05, 4.69) is 48.7 Å². The molecule has 0 radical (unpaired) electrons. The molecule has 1 rings (SSSR count). The van der Waals surface area contributed by atoms with Crippen LogP contribution in [0, 0.1) is 12.8 Å². The topological polar surface area (TPSA) is 43.8 Å². The van der Waals surface area contributed by atoms with E-state index in [0.29, 0.717) is 5.92 Å². The molecule has 2 N–H and O–H groups in total. The first-order valence-corrected chi connectivity index (χ1v) is 7.13. The highest BCUT2D eigenvalue weighted by Crippen LogP contribution is 2.28. The molecule has 4 heteroatoms. The van der Waals surface area contributed by atoms with E-state index in [1.807, 2.05) is 11.6 Å². The maximum absolute atomic E-state index is 6.44. The van der Waals surface area contributed by atoms with Gasteiger partial charge in [0.2, 0.25) is 0 Å². The van der Waals surface area contributed by atoms with E-state index >= 15 is 0 Å². The molecule has 0 aliphatic carbocycles. The lowest BCUT2D eigenvalue weighted by Crippen LogP contribution is -2.45. The van der Waals surface area contributed by atoms with Crippen molar-refractivity contribution in [2.45, 2.75) is 59.5 Å². The fraction of sp³-hybridized carbons (Fsp3) is 0.769. The molecule has 2 unspecified atom stereocenters. The smallest absolute Gasteiger partial charge is 0.0738 e. The summed E-state index contributed by atoms with van der Waals surface area (Å²) >= 11 is 3.63. The Bertz CT molecular complexity index is 382. The summed E-state index contributed by atoms with van der Waals surface area (Å²) in [5.74, 6) is 0.495. The molecule has 0 saturated heterocycles. The predicted octanol–water partition coefficient (Wildman–Crippen LogP) is 3.28. The van der Waals surface area contributed by atoms with Crippen LogP contribution in [0.15, 0.2) is 4.47 Å². The molecule has 1 aromatic heterocycles. The summed E-state index contributed by atoms with van der Waals surface area (Å²) in [7, 11) is 0. The molecule has 98 valence electrons. The van der Waals surface area contributed by atoms with Crippen molar-refractivity contribution in [1.82, 2.24) is 9.78 Å². The number of aromatic nitrogens is 2. The molecule has 0 aliphatic heterocycles. The number of hydrogen-bond acceptors (Lipinski definition) is 2. The Morgan fingerprint density at radius 2 is 2.06 bits per heavy atom. The van der Waals surface area contributed by atoms with Crippen LogP contribution in [0.1, 0.15) is 45.5 Å². The normalized spacial score (nSPS) is 16.9. The molecule has 0 spiro atoms. The molecule has 1 aromatic rings. The first kappa shape index (κ1) is 14.7. The highest BCUT2D eigenvalue weighted by molar-refractivity contribution is 9.10. The highest BCUT2D eigenvalue weighted by Gasteiger charge is 2.28.